The first kappa shape index (κ1) is 14.8. The van der Waals surface area contributed by atoms with Crippen LogP contribution < -0.4 is 5.32 Å². The number of carbonyl (C=O) groups is 1. The minimum Gasteiger partial charge on any atom is -0.346 e. The molecule has 3 nitrogen and oxygen atoms in total. The molecule has 4 aromatic carbocycles. The van der Waals surface area contributed by atoms with E-state index in [1.807, 2.05) is 30.3 Å². The van der Waals surface area contributed by atoms with E-state index in [0.29, 0.717) is 12.1 Å². The highest BCUT2D eigenvalue weighted by Crippen LogP contribution is 2.35. The zero-order valence-corrected chi connectivity index (χ0v) is 14.1. The lowest BCUT2D eigenvalue weighted by Gasteiger charge is -2.13. The quantitative estimate of drug-likeness (QED) is 0.476. The molecule has 0 aliphatic heterocycles. The van der Waals surface area contributed by atoms with Crippen LogP contribution in [0, 0.1) is 0 Å². The highest BCUT2D eigenvalue weighted by molar-refractivity contribution is 6.26. The molecule has 1 heterocycles. The van der Waals surface area contributed by atoms with Gasteiger partial charge in [0.25, 0.3) is 5.91 Å². The second-order valence-electron chi connectivity index (χ2n) is 6.47. The fourth-order valence-electron chi connectivity index (χ4n) is 3.70. The molecule has 26 heavy (non-hydrogen) atoms. The summed E-state index contributed by atoms with van der Waals surface area (Å²) in [5.41, 5.74) is 1.55. The lowest BCUT2D eigenvalue weighted by atomic mass is 9.92. The van der Waals surface area contributed by atoms with E-state index < -0.39 is 0 Å². The summed E-state index contributed by atoms with van der Waals surface area (Å²) in [7, 11) is 0. The second-order valence-corrected chi connectivity index (χ2v) is 6.47. The first-order chi connectivity index (χ1) is 12.8. The van der Waals surface area contributed by atoms with Gasteiger partial charge in [-0.15, -0.1) is 0 Å². The van der Waals surface area contributed by atoms with Gasteiger partial charge in [0, 0.05) is 11.8 Å². The number of nitrogens with zero attached hydrogens (tertiary/aromatic N) is 1. The Labute approximate surface area is 150 Å². The first-order valence-electron chi connectivity index (χ1n) is 8.66. The van der Waals surface area contributed by atoms with Gasteiger partial charge in [-0.05, 0) is 50.5 Å². The first-order valence-corrected chi connectivity index (χ1v) is 8.66. The highest BCUT2D eigenvalue weighted by atomic mass is 16.1. The average Bonchev–Trinajstić information content (AvgIpc) is 2.71. The van der Waals surface area contributed by atoms with Gasteiger partial charge in [-0.2, -0.15) is 0 Å². The van der Waals surface area contributed by atoms with Gasteiger partial charge in [-0.25, -0.2) is 0 Å². The number of benzene rings is 4. The molecule has 0 saturated heterocycles. The van der Waals surface area contributed by atoms with E-state index in [1.54, 1.807) is 6.20 Å². The summed E-state index contributed by atoms with van der Waals surface area (Å²) in [6, 6.07) is 24.4. The predicted octanol–water partition coefficient (Wildman–Crippen LogP) is 4.91. The Bertz CT molecular complexity index is 1230. The van der Waals surface area contributed by atoms with Crippen LogP contribution in [0.25, 0.3) is 32.3 Å². The molecular formula is C23H16N2O. The SMILES string of the molecule is O=C(NCc1ccccn1)c1ccc2ccc3cccc4ccc1c2c34. The number of carbonyl (C=O) groups excluding carboxylic acids is 1. The van der Waals surface area contributed by atoms with Gasteiger partial charge >= 0.3 is 0 Å². The minimum absolute atomic E-state index is 0.0754. The van der Waals surface area contributed by atoms with Crippen molar-refractivity contribution in [2.45, 2.75) is 6.54 Å². The lowest BCUT2D eigenvalue weighted by Crippen LogP contribution is -2.23. The molecular weight excluding hydrogens is 320 g/mol. The van der Waals surface area contributed by atoms with Crippen LogP contribution in [0.15, 0.2) is 79.0 Å². The Balaban J connectivity index is 1.62. The molecule has 0 radical (unpaired) electrons. The number of hydrogen-bond donors (Lipinski definition) is 1. The molecule has 0 aliphatic carbocycles. The molecule has 0 atom stereocenters. The van der Waals surface area contributed by atoms with E-state index in [0.717, 1.165) is 21.9 Å². The van der Waals surface area contributed by atoms with E-state index in [-0.39, 0.29) is 5.91 Å². The summed E-state index contributed by atoms with van der Waals surface area (Å²) in [6.45, 7) is 0.418. The van der Waals surface area contributed by atoms with E-state index in [9.17, 15) is 4.79 Å². The third-order valence-corrected chi connectivity index (χ3v) is 4.93. The van der Waals surface area contributed by atoms with Crippen LogP contribution >= 0.6 is 0 Å². The average molecular weight is 336 g/mol. The smallest absolute Gasteiger partial charge is 0.252 e. The maximum absolute atomic E-state index is 12.8. The lowest BCUT2D eigenvalue weighted by molar-refractivity contribution is 0.0952. The van der Waals surface area contributed by atoms with Crippen LogP contribution in [0.4, 0.5) is 0 Å². The van der Waals surface area contributed by atoms with Crippen molar-refractivity contribution in [3.8, 4) is 0 Å². The largest absolute Gasteiger partial charge is 0.346 e. The zero-order valence-electron chi connectivity index (χ0n) is 14.1. The van der Waals surface area contributed by atoms with Crippen LogP contribution in [-0.4, -0.2) is 10.9 Å². The van der Waals surface area contributed by atoms with Gasteiger partial charge in [0.05, 0.1) is 12.2 Å². The van der Waals surface area contributed by atoms with Crippen LogP contribution in [0.2, 0.25) is 0 Å². The Hall–Kier alpha value is -3.46. The highest BCUT2D eigenvalue weighted by Gasteiger charge is 2.14. The second kappa shape index (κ2) is 5.81. The van der Waals surface area contributed by atoms with Gasteiger partial charge < -0.3 is 5.32 Å². The van der Waals surface area contributed by atoms with E-state index in [2.05, 4.69) is 52.8 Å². The van der Waals surface area contributed by atoms with Crippen LogP contribution in [-0.2, 0) is 6.54 Å². The fourth-order valence-corrected chi connectivity index (χ4v) is 3.70. The van der Waals surface area contributed by atoms with Crippen LogP contribution in [0.5, 0.6) is 0 Å². The summed E-state index contributed by atoms with van der Waals surface area (Å²) < 4.78 is 0. The molecule has 0 saturated carbocycles. The van der Waals surface area contributed by atoms with Crippen molar-refractivity contribution in [2.75, 3.05) is 0 Å². The number of amides is 1. The Morgan fingerprint density at radius 2 is 1.50 bits per heavy atom. The Morgan fingerprint density at radius 3 is 2.27 bits per heavy atom. The fraction of sp³-hybridized carbons (Fsp3) is 0.0435. The van der Waals surface area contributed by atoms with Crippen molar-refractivity contribution >= 4 is 38.2 Å². The molecule has 1 amide bonds. The maximum atomic E-state index is 12.8. The Morgan fingerprint density at radius 1 is 0.769 bits per heavy atom. The van der Waals surface area contributed by atoms with E-state index in [1.165, 1.54) is 16.2 Å². The molecule has 0 fully saturated rings. The minimum atomic E-state index is -0.0754. The third-order valence-electron chi connectivity index (χ3n) is 4.93. The van der Waals surface area contributed by atoms with Crippen LogP contribution in [0.3, 0.4) is 0 Å². The normalized spacial score (nSPS) is 11.4. The molecule has 124 valence electrons. The molecule has 1 N–H and O–H groups in total. The van der Waals surface area contributed by atoms with Crippen molar-refractivity contribution in [2.24, 2.45) is 0 Å². The third kappa shape index (κ3) is 2.29. The van der Waals surface area contributed by atoms with E-state index in [4.69, 9.17) is 0 Å². The van der Waals surface area contributed by atoms with Gasteiger partial charge in [0.1, 0.15) is 0 Å². The van der Waals surface area contributed by atoms with Gasteiger partial charge in [-0.3, -0.25) is 9.78 Å². The number of rotatable bonds is 3. The van der Waals surface area contributed by atoms with Crippen LogP contribution in [0.1, 0.15) is 16.1 Å². The molecule has 0 bridgehead atoms. The monoisotopic (exact) mass is 336 g/mol. The number of aromatic nitrogens is 1. The summed E-state index contributed by atoms with van der Waals surface area (Å²) in [5, 5.41) is 9.92. The number of hydrogen-bond acceptors (Lipinski definition) is 2. The van der Waals surface area contributed by atoms with Gasteiger partial charge in [0.2, 0.25) is 0 Å². The van der Waals surface area contributed by atoms with Crippen molar-refractivity contribution < 1.29 is 4.79 Å². The number of pyridine rings is 1. The van der Waals surface area contributed by atoms with Crippen molar-refractivity contribution in [3.63, 3.8) is 0 Å². The standard InChI is InChI=1S/C23H16N2O/c26-23(25-14-18-6-1-2-13-24-18)20-12-10-17-8-7-15-4-3-5-16-9-11-19(20)22(17)21(15)16/h1-13H,14H2,(H,25,26). The predicted molar refractivity (Wildman–Crippen MR) is 106 cm³/mol. The molecule has 3 heteroatoms. The van der Waals surface area contributed by atoms with Crippen molar-refractivity contribution in [3.05, 3.63) is 90.3 Å². The number of nitrogens with one attached hydrogen (secondary N) is 1. The van der Waals surface area contributed by atoms with E-state index >= 15 is 0 Å². The molecule has 1 aromatic heterocycles. The molecule has 0 unspecified atom stereocenters. The summed E-state index contributed by atoms with van der Waals surface area (Å²) in [6.07, 6.45) is 1.73. The zero-order chi connectivity index (χ0) is 17.5. The summed E-state index contributed by atoms with van der Waals surface area (Å²) >= 11 is 0. The molecule has 5 aromatic rings. The molecule has 5 rings (SSSR count). The maximum Gasteiger partial charge on any atom is 0.252 e. The summed E-state index contributed by atoms with van der Waals surface area (Å²) in [5.74, 6) is -0.0754. The van der Waals surface area contributed by atoms with Crippen molar-refractivity contribution in [1.29, 1.82) is 0 Å². The van der Waals surface area contributed by atoms with Gasteiger partial charge in [-0.1, -0.05) is 54.6 Å². The summed E-state index contributed by atoms with van der Waals surface area (Å²) in [4.78, 5) is 17.1. The van der Waals surface area contributed by atoms with Gasteiger partial charge in [0.15, 0.2) is 0 Å². The topological polar surface area (TPSA) is 42.0 Å². The molecule has 0 spiro atoms. The Kier molecular flexibility index (Phi) is 3.32. The van der Waals surface area contributed by atoms with Crippen molar-refractivity contribution in [1.82, 2.24) is 10.3 Å². The molecule has 0 aliphatic rings.